The Bertz CT molecular complexity index is 317. The number of hydrogen-bond acceptors (Lipinski definition) is 3. The van der Waals surface area contributed by atoms with E-state index < -0.39 is 5.95 Å². The van der Waals surface area contributed by atoms with Crippen LogP contribution in [0.15, 0.2) is 6.20 Å². The first-order valence-electron chi connectivity index (χ1n) is 3.04. The molecule has 1 heterocycles. The fraction of sp³-hybridized carbons (Fsp3) is 0.143. The van der Waals surface area contributed by atoms with E-state index in [-0.39, 0.29) is 16.3 Å². The second-order valence-corrected chi connectivity index (χ2v) is 2.34. The van der Waals surface area contributed by atoms with Gasteiger partial charge in [-0.3, -0.25) is 4.79 Å². The van der Waals surface area contributed by atoms with Gasteiger partial charge < -0.3 is 4.74 Å². The van der Waals surface area contributed by atoms with E-state index in [1.54, 1.807) is 0 Å². The Kier molecular flexibility index (Phi) is 2.60. The van der Waals surface area contributed by atoms with Crippen LogP contribution in [0, 0.1) is 5.95 Å². The molecule has 1 aromatic heterocycles. The van der Waals surface area contributed by atoms with Crippen LogP contribution in [0.4, 0.5) is 4.39 Å². The van der Waals surface area contributed by atoms with Crippen molar-refractivity contribution in [1.29, 1.82) is 0 Å². The van der Waals surface area contributed by atoms with E-state index in [1.807, 2.05) is 0 Å². The van der Waals surface area contributed by atoms with Gasteiger partial charge in [0.05, 0.1) is 18.9 Å². The van der Waals surface area contributed by atoms with Crippen LogP contribution in [-0.4, -0.2) is 18.4 Å². The fourth-order valence-electron chi connectivity index (χ4n) is 0.733. The molecule has 1 rings (SSSR count). The van der Waals surface area contributed by atoms with Crippen molar-refractivity contribution < 1.29 is 13.9 Å². The van der Waals surface area contributed by atoms with Gasteiger partial charge in [-0.05, 0) is 0 Å². The van der Waals surface area contributed by atoms with Crippen molar-refractivity contribution in [3.63, 3.8) is 0 Å². The van der Waals surface area contributed by atoms with Gasteiger partial charge >= 0.3 is 0 Å². The summed E-state index contributed by atoms with van der Waals surface area (Å²) in [4.78, 5) is 13.7. The van der Waals surface area contributed by atoms with Crippen LogP contribution >= 0.6 is 11.6 Å². The Morgan fingerprint density at radius 3 is 2.92 bits per heavy atom. The lowest BCUT2D eigenvalue weighted by Gasteiger charge is -2.03. The molecule has 3 nitrogen and oxygen atoms in total. The van der Waals surface area contributed by atoms with Gasteiger partial charge in [-0.25, -0.2) is 4.98 Å². The maximum atomic E-state index is 12.6. The van der Waals surface area contributed by atoms with Gasteiger partial charge in [-0.15, -0.1) is 0 Å². The largest absolute Gasteiger partial charge is 0.494 e. The zero-order valence-electron chi connectivity index (χ0n) is 6.17. The number of rotatable bonds is 2. The second kappa shape index (κ2) is 3.49. The lowest BCUT2D eigenvalue weighted by Crippen LogP contribution is -1.96. The van der Waals surface area contributed by atoms with E-state index >= 15 is 0 Å². The molecular weight excluding hydrogens is 185 g/mol. The highest BCUT2D eigenvalue weighted by Gasteiger charge is 2.12. The number of methoxy groups -OCH3 is 1. The molecule has 0 aliphatic carbocycles. The molecule has 0 atom stereocenters. The third-order valence-electron chi connectivity index (χ3n) is 1.32. The summed E-state index contributed by atoms with van der Waals surface area (Å²) in [5, 5.41) is -0.315. The monoisotopic (exact) mass is 189 g/mol. The molecule has 0 aromatic carbocycles. The minimum atomic E-state index is -0.875. The Labute approximate surface area is 73.1 Å². The van der Waals surface area contributed by atoms with Crippen LogP contribution in [0.25, 0.3) is 0 Å². The molecule has 0 fully saturated rings. The molecular formula is C7H5ClFNO2. The van der Waals surface area contributed by atoms with Crippen LogP contribution in [0.3, 0.4) is 0 Å². The quantitative estimate of drug-likeness (QED) is 0.525. The van der Waals surface area contributed by atoms with Gasteiger partial charge in [0.25, 0.3) is 0 Å². The molecule has 0 saturated carbocycles. The summed E-state index contributed by atoms with van der Waals surface area (Å²) in [6.45, 7) is 0. The number of ether oxygens (including phenoxy) is 1. The normalized spacial score (nSPS) is 9.58. The summed E-state index contributed by atoms with van der Waals surface area (Å²) in [6, 6.07) is 0. The number of carbonyl (C=O) groups excluding carboxylic acids is 1. The Morgan fingerprint density at radius 2 is 2.42 bits per heavy atom. The maximum Gasteiger partial charge on any atom is 0.232 e. The summed E-state index contributed by atoms with van der Waals surface area (Å²) >= 11 is 5.43. The van der Waals surface area contributed by atoms with E-state index in [2.05, 4.69) is 4.98 Å². The van der Waals surface area contributed by atoms with Crippen LogP contribution in [-0.2, 0) is 0 Å². The standard InChI is InChI=1S/C7H5ClFNO2/c1-12-5-2-10-7(9)6(8)4(5)3-11/h2-3H,1H3. The van der Waals surface area contributed by atoms with Crippen molar-refractivity contribution in [2.75, 3.05) is 7.11 Å². The first-order chi connectivity index (χ1) is 5.70. The first-order valence-corrected chi connectivity index (χ1v) is 3.41. The molecule has 1 aromatic rings. The molecule has 0 amide bonds. The smallest absolute Gasteiger partial charge is 0.232 e. The summed E-state index contributed by atoms with van der Waals surface area (Å²) in [5.41, 5.74) is -0.0216. The van der Waals surface area contributed by atoms with Crippen LogP contribution in [0.5, 0.6) is 5.75 Å². The van der Waals surface area contributed by atoms with Gasteiger partial charge in [0.1, 0.15) is 10.8 Å². The highest BCUT2D eigenvalue weighted by molar-refractivity contribution is 6.33. The lowest BCUT2D eigenvalue weighted by molar-refractivity contribution is 0.112. The first kappa shape index (κ1) is 8.93. The minimum absolute atomic E-state index is 0.0216. The highest BCUT2D eigenvalue weighted by Crippen LogP contribution is 2.24. The summed E-state index contributed by atoms with van der Waals surface area (Å²) in [6.07, 6.45) is 1.52. The molecule has 0 radical (unpaired) electrons. The van der Waals surface area contributed by atoms with Gasteiger partial charge in [-0.2, -0.15) is 4.39 Å². The zero-order chi connectivity index (χ0) is 9.14. The molecule has 0 aliphatic rings. The molecule has 0 N–H and O–H groups in total. The number of nitrogens with zero attached hydrogens (tertiary/aromatic N) is 1. The van der Waals surface area contributed by atoms with E-state index in [9.17, 15) is 9.18 Å². The lowest BCUT2D eigenvalue weighted by atomic mass is 10.3. The Hall–Kier alpha value is -1.16. The predicted octanol–water partition coefficient (Wildman–Crippen LogP) is 1.70. The average molecular weight is 190 g/mol. The molecule has 0 unspecified atom stereocenters. The average Bonchev–Trinajstić information content (AvgIpc) is 2.09. The number of pyridine rings is 1. The zero-order valence-corrected chi connectivity index (χ0v) is 6.93. The summed E-state index contributed by atoms with van der Waals surface area (Å²) < 4.78 is 17.4. The fourth-order valence-corrected chi connectivity index (χ4v) is 0.920. The summed E-state index contributed by atoms with van der Waals surface area (Å²) in [7, 11) is 1.35. The van der Waals surface area contributed by atoms with Crippen molar-refractivity contribution in [2.45, 2.75) is 0 Å². The second-order valence-electron chi connectivity index (χ2n) is 1.96. The SMILES string of the molecule is COc1cnc(F)c(Cl)c1C=O. The molecule has 12 heavy (non-hydrogen) atoms. The van der Waals surface area contributed by atoms with E-state index in [1.165, 1.54) is 7.11 Å². The molecule has 5 heteroatoms. The van der Waals surface area contributed by atoms with Gasteiger partial charge in [0.2, 0.25) is 5.95 Å². The highest BCUT2D eigenvalue weighted by atomic mass is 35.5. The van der Waals surface area contributed by atoms with E-state index in [0.717, 1.165) is 6.20 Å². The molecule has 0 spiro atoms. The van der Waals surface area contributed by atoms with Crippen molar-refractivity contribution >= 4 is 17.9 Å². The van der Waals surface area contributed by atoms with Gasteiger partial charge in [0, 0.05) is 0 Å². The molecule has 64 valence electrons. The predicted molar refractivity (Wildman–Crippen MR) is 41.1 cm³/mol. The Balaban J connectivity index is 3.35. The number of aldehydes is 1. The number of carbonyl (C=O) groups is 1. The van der Waals surface area contributed by atoms with Gasteiger partial charge in [0.15, 0.2) is 6.29 Å². The van der Waals surface area contributed by atoms with Crippen LogP contribution < -0.4 is 4.74 Å². The van der Waals surface area contributed by atoms with Crippen LogP contribution in [0.1, 0.15) is 10.4 Å². The van der Waals surface area contributed by atoms with E-state index in [4.69, 9.17) is 16.3 Å². The third kappa shape index (κ3) is 1.38. The van der Waals surface area contributed by atoms with Crippen molar-refractivity contribution in [3.05, 3.63) is 22.7 Å². The molecule has 0 saturated heterocycles. The molecule has 0 bridgehead atoms. The minimum Gasteiger partial charge on any atom is -0.494 e. The number of hydrogen-bond donors (Lipinski definition) is 0. The number of halogens is 2. The van der Waals surface area contributed by atoms with Crippen LogP contribution in [0.2, 0.25) is 5.02 Å². The molecule has 0 aliphatic heterocycles. The summed E-state index contributed by atoms with van der Waals surface area (Å²) in [5.74, 6) is -0.712. The van der Waals surface area contributed by atoms with E-state index in [0.29, 0.717) is 6.29 Å². The third-order valence-corrected chi connectivity index (χ3v) is 1.68. The Morgan fingerprint density at radius 1 is 1.75 bits per heavy atom. The van der Waals surface area contributed by atoms with Crippen molar-refractivity contribution in [2.24, 2.45) is 0 Å². The maximum absolute atomic E-state index is 12.6. The van der Waals surface area contributed by atoms with Crippen molar-refractivity contribution in [1.82, 2.24) is 4.98 Å². The van der Waals surface area contributed by atoms with Gasteiger partial charge in [-0.1, -0.05) is 11.6 Å². The number of aromatic nitrogens is 1. The van der Waals surface area contributed by atoms with Crippen molar-refractivity contribution in [3.8, 4) is 5.75 Å². The topological polar surface area (TPSA) is 39.2 Å².